The number of fused-ring (bicyclic) bond motifs is 2. The highest BCUT2D eigenvalue weighted by molar-refractivity contribution is 5.93. The molecule has 1 N–H and O–H groups in total. The van der Waals surface area contributed by atoms with Gasteiger partial charge in [-0.2, -0.15) is 0 Å². The van der Waals surface area contributed by atoms with Crippen LogP contribution in [0.3, 0.4) is 0 Å². The van der Waals surface area contributed by atoms with Crippen LogP contribution in [0.15, 0.2) is 62.5 Å². The van der Waals surface area contributed by atoms with Crippen molar-refractivity contribution in [2.75, 3.05) is 26.2 Å². The van der Waals surface area contributed by atoms with E-state index in [9.17, 15) is 14.4 Å². The number of rotatable bonds is 3. The molecule has 0 aliphatic carbocycles. The summed E-state index contributed by atoms with van der Waals surface area (Å²) in [5.74, 6) is 0.367. The van der Waals surface area contributed by atoms with Gasteiger partial charge in [-0.05, 0) is 31.2 Å². The van der Waals surface area contributed by atoms with E-state index >= 15 is 0 Å². The fourth-order valence-electron chi connectivity index (χ4n) is 4.06. The largest absolute Gasteiger partial charge is 0.451 e. The Labute approximate surface area is 183 Å². The smallest absolute Gasteiger partial charge is 0.289 e. The van der Waals surface area contributed by atoms with E-state index in [4.69, 9.17) is 4.42 Å². The highest BCUT2D eigenvalue weighted by atomic mass is 16.3. The Morgan fingerprint density at radius 1 is 1.03 bits per heavy atom. The molecule has 0 bridgehead atoms. The highest BCUT2D eigenvalue weighted by Crippen LogP contribution is 2.17. The third-order valence-corrected chi connectivity index (χ3v) is 5.79. The Morgan fingerprint density at radius 3 is 2.62 bits per heavy atom. The van der Waals surface area contributed by atoms with Gasteiger partial charge in [-0.1, -0.05) is 23.8 Å². The molecule has 3 heterocycles. The normalized spacial score (nSPS) is 14.8. The van der Waals surface area contributed by atoms with Gasteiger partial charge in [0, 0.05) is 32.2 Å². The van der Waals surface area contributed by atoms with Crippen LogP contribution in [0.4, 0.5) is 0 Å². The van der Waals surface area contributed by atoms with Gasteiger partial charge in [0.25, 0.3) is 11.5 Å². The van der Waals surface area contributed by atoms with Crippen LogP contribution in [-0.2, 0) is 6.54 Å². The van der Waals surface area contributed by atoms with Crippen molar-refractivity contribution in [1.82, 2.24) is 19.8 Å². The van der Waals surface area contributed by atoms with Crippen LogP contribution in [0, 0.1) is 6.92 Å². The highest BCUT2D eigenvalue weighted by Gasteiger charge is 2.25. The Balaban J connectivity index is 1.28. The second-order valence-corrected chi connectivity index (χ2v) is 8.07. The SMILES string of the molecule is Cc1ccc2oc(C(=O)N3CCN(Cc4nc5ccccc5c(=O)[nH]4)CC3)cc(=O)c2c1. The molecule has 0 unspecified atom stereocenters. The van der Waals surface area contributed by atoms with E-state index in [0.29, 0.717) is 60.4 Å². The van der Waals surface area contributed by atoms with Crippen molar-refractivity contribution in [2.45, 2.75) is 13.5 Å². The number of piperazine rings is 1. The molecule has 0 saturated carbocycles. The maximum Gasteiger partial charge on any atom is 0.289 e. The standard InChI is InChI=1S/C24H22N4O4/c1-15-6-7-20-17(12-15)19(29)13-21(32-20)24(31)28-10-8-27(9-11-28)14-22-25-18-5-3-2-4-16(18)23(30)26-22/h2-7,12-13H,8-11,14H2,1H3,(H,25,26,30). The third-order valence-electron chi connectivity index (χ3n) is 5.79. The monoisotopic (exact) mass is 430 g/mol. The second kappa shape index (κ2) is 8.05. The first-order chi connectivity index (χ1) is 15.5. The molecule has 1 aliphatic rings. The number of nitrogens with zero attached hydrogens (tertiary/aromatic N) is 3. The molecular formula is C24H22N4O4. The average molecular weight is 430 g/mol. The molecule has 2 aromatic carbocycles. The number of benzene rings is 2. The van der Waals surface area contributed by atoms with Crippen LogP contribution in [0.25, 0.3) is 21.9 Å². The van der Waals surface area contributed by atoms with Crippen LogP contribution < -0.4 is 11.0 Å². The molecule has 8 heteroatoms. The number of aromatic amines is 1. The van der Waals surface area contributed by atoms with Crippen LogP contribution in [-0.4, -0.2) is 51.9 Å². The topological polar surface area (TPSA) is 99.5 Å². The van der Waals surface area contributed by atoms with E-state index in [1.54, 1.807) is 23.1 Å². The van der Waals surface area contributed by atoms with E-state index in [0.717, 1.165) is 5.56 Å². The first-order valence-electron chi connectivity index (χ1n) is 10.5. The number of amides is 1. The van der Waals surface area contributed by atoms with Gasteiger partial charge >= 0.3 is 0 Å². The minimum Gasteiger partial charge on any atom is -0.451 e. The molecular weight excluding hydrogens is 408 g/mol. The Kier molecular flexibility index (Phi) is 5.07. The summed E-state index contributed by atoms with van der Waals surface area (Å²) in [4.78, 5) is 48.9. The molecule has 1 saturated heterocycles. The van der Waals surface area contributed by atoms with Gasteiger partial charge in [0.15, 0.2) is 11.2 Å². The van der Waals surface area contributed by atoms with Crippen molar-refractivity contribution in [3.05, 3.63) is 86.3 Å². The van der Waals surface area contributed by atoms with Crippen LogP contribution >= 0.6 is 0 Å². The van der Waals surface area contributed by atoms with Crippen LogP contribution in [0.5, 0.6) is 0 Å². The number of nitrogens with one attached hydrogen (secondary N) is 1. The number of aromatic nitrogens is 2. The predicted molar refractivity (Wildman–Crippen MR) is 121 cm³/mol. The summed E-state index contributed by atoms with van der Waals surface area (Å²) in [5.41, 5.74) is 1.67. The molecule has 4 aromatic rings. The first kappa shape index (κ1) is 20.1. The van der Waals surface area contributed by atoms with Crippen molar-refractivity contribution in [1.29, 1.82) is 0 Å². The fourth-order valence-corrected chi connectivity index (χ4v) is 4.06. The lowest BCUT2D eigenvalue weighted by molar-refractivity contribution is 0.0595. The molecule has 1 aliphatic heterocycles. The predicted octanol–water partition coefficient (Wildman–Crippen LogP) is 2.30. The van der Waals surface area contributed by atoms with Gasteiger partial charge in [-0.3, -0.25) is 19.3 Å². The summed E-state index contributed by atoms with van der Waals surface area (Å²) in [6.45, 7) is 4.63. The maximum absolute atomic E-state index is 12.9. The lowest BCUT2D eigenvalue weighted by Crippen LogP contribution is -2.48. The van der Waals surface area contributed by atoms with Crippen molar-refractivity contribution in [2.24, 2.45) is 0 Å². The number of carbonyl (C=O) groups excluding carboxylic acids is 1. The Bertz CT molecular complexity index is 1450. The van der Waals surface area contributed by atoms with E-state index in [2.05, 4.69) is 14.9 Å². The summed E-state index contributed by atoms with van der Waals surface area (Å²) in [6.07, 6.45) is 0. The number of para-hydroxylation sites is 1. The van der Waals surface area contributed by atoms with Crippen LogP contribution in [0.1, 0.15) is 21.9 Å². The van der Waals surface area contributed by atoms with Gasteiger partial charge in [0.1, 0.15) is 11.4 Å². The van der Waals surface area contributed by atoms with Crippen molar-refractivity contribution < 1.29 is 9.21 Å². The minimum absolute atomic E-state index is 0.0559. The summed E-state index contributed by atoms with van der Waals surface area (Å²) >= 11 is 0. The summed E-state index contributed by atoms with van der Waals surface area (Å²) in [7, 11) is 0. The molecule has 5 rings (SSSR count). The van der Waals surface area contributed by atoms with Crippen LogP contribution in [0.2, 0.25) is 0 Å². The number of aryl methyl sites for hydroxylation is 1. The first-order valence-corrected chi connectivity index (χ1v) is 10.5. The maximum atomic E-state index is 12.9. The summed E-state index contributed by atoms with van der Waals surface area (Å²) < 4.78 is 5.73. The molecule has 1 amide bonds. The Hall–Kier alpha value is -3.78. The van der Waals surface area contributed by atoms with E-state index in [1.807, 2.05) is 31.2 Å². The number of carbonyl (C=O) groups is 1. The number of hydrogen-bond acceptors (Lipinski definition) is 6. The molecule has 0 radical (unpaired) electrons. The van der Waals surface area contributed by atoms with Gasteiger partial charge in [0.05, 0.1) is 22.8 Å². The van der Waals surface area contributed by atoms with Gasteiger partial charge in [0.2, 0.25) is 0 Å². The molecule has 162 valence electrons. The average Bonchev–Trinajstić information content (AvgIpc) is 2.79. The lowest BCUT2D eigenvalue weighted by Gasteiger charge is -2.34. The fraction of sp³-hybridized carbons (Fsp3) is 0.250. The van der Waals surface area contributed by atoms with E-state index in [-0.39, 0.29) is 22.7 Å². The van der Waals surface area contributed by atoms with Crippen molar-refractivity contribution in [3.8, 4) is 0 Å². The summed E-state index contributed by atoms with van der Waals surface area (Å²) in [5, 5.41) is 1.04. The lowest BCUT2D eigenvalue weighted by atomic mass is 10.1. The van der Waals surface area contributed by atoms with Gasteiger partial charge < -0.3 is 14.3 Å². The number of H-pyrrole nitrogens is 1. The van der Waals surface area contributed by atoms with Crippen molar-refractivity contribution >= 4 is 27.8 Å². The molecule has 0 spiro atoms. The quantitative estimate of drug-likeness (QED) is 0.535. The molecule has 0 atom stereocenters. The molecule has 2 aromatic heterocycles. The van der Waals surface area contributed by atoms with E-state index < -0.39 is 0 Å². The Morgan fingerprint density at radius 2 is 1.81 bits per heavy atom. The molecule has 32 heavy (non-hydrogen) atoms. The zero-order valence-corrected chi connectivity index (χ0v) is 17.6. The zero-order chi connectivity index (χ0) is 22.2. The van der Waals surface area contributed by atoms with Gasteiger partial charge in [-0.25, -0.2) is 4.98 Å². The summed E-state index contributed by atoms with van der Waals surface area (Å²) in [6, 6.07) is 13.9. The minimum atomic E-state index is -0.290. The van der Waals surface area contributed by atoms with E-state index in [1.165, 1.54) is 6.07 Å². The van der Waals surface area contributed by atoms with Gasteiger partial charge in [-0.15, -0.1) is 0 Å². The molecule has 8 nitrogen and oxygen atoms in total. The molecule has 1 fully saturated rings. The zero-order valence-electron chi connectivity index (χ0n) is 17.6. The number of hydrogen-bond donors (Lipinski definition) is 1. The van der Waals surface area contributed by atoms with Crippen molar-refractivity contribution in [3.63, 3.8) is 0 Å². The third kappa shape index (κ3) is 3.80. The second-order valence-electron chi connectivity index (χ2n) is 8.07.